The fraction of sp³-hybridized carbons (Fsp3) is 0.350. The first kappa shape index (κ1) is 17.8. The minimum atomic E-state index is -0.585. The zero-order chi connectivity index (χ0) is 19.1. The maximum Gasteiger partial charge on any atom is 0.339 e. The molecule has 2 aliphatic carbocycles. The van der Waals surface area contributed by atoms with Gasteiger partial charge in [0.1, 0.15) is 5.69 Å². The van der Waals surface area contributed by atoms with Crippen LogP contribution >= 0.6 is 11.6 Å². The number of esters is 1. The van der Waals surface area contributed by atoms with Crippen LogP contribution < -0.4 is 10.9 Å². The standard InChI is InChI=1S/C20H19ClN2O4/c1-27-20(26)14-9-13(4-5-15(14)21)22-19(25)18-17-11-3-2-10(6-11)7-12(17)8-16(24)23-18/h4-5,8-11H,2-3,6-7H2,1H3,(H,22,25)(H,23,24). The molecule has 0 aliphatic heterocycles. The second kappa shape index (κ2) is 6.85. The van der Waals surface area contributed by atoms with Crippen molar-refractivity contribution in [3.05, 3.63) is 62.0 Å². The Kier molecular flexibility index (Phi) is 4.52. The maximum absolute atomic E-state index is 12.9. The molecule has 140 valence electrons. The van der Waals surface area contributed by atoms with Crippen LogP contribution in [0.15, 0.2) is 29.1 Å². The highest BCUT2D eigenvalue weighted by Crippen LogP contribution is 2.46. The van der Waals surface area contributed by atoms with Crippen LogP contribution in [0.1, 0.15) is 57.2 Å². The van der Waals surface area contributed by atoms with E-state index in [1.807, 2.05) is 0 Å². The molecule has 1 amide bonds. The first-order valence-electron chi connectivity index (χ1n) is 8.91. The summed E-state index contributed by atoms with van der Waals surface area (Å²) in [5.41, 5.74) is 2.56. The predicted octanol–water partition coefficient (Wildman–Crippen LogP) is 3.51. The molecule has 2 unspecified atom stereocenters. The maximum atomic E-state index is 12.9. The van der Waals surface area contributed by atoms with Gasteiger partial charge < -0.3 is 15.0 Å². The van der Waals surface area contributed by atoms with Crippen LogP contribution in [-0.2, 0) is 11.2 Å². The summed E-state index contributed by atoms with van der Waals surface area (Å²) in [5, 5.41) is 3.00. The SMILES string of the molecule is COC(=O)c1cc(NC(=O)c2[nH]c(=O)cc3c2C2CCC(C3)C2)ccc1Cl. The van der Waals surface area contributed by atoms with Crippen molar-refractivity contribution in [2.24, 2.45) is 5.92 Å². The smallest absolute Gasteiger partial charge is 0.339 e. The van der Waals surface area contributed by atoms with Crippen LogP contribution in [-0.4, -0.2) is 24.0 Å². The number of hydrogen-bond donors (Lipinski definition) is 2. The number of aromatic amines is 1. The molecule has 1 heterocycles. The molecule has 6 nitrogen and oxygen atoms in total. The first-order valence-corrected chi connectivity index (χ1v) is 9.29. The summed E-state index contributed by atoms with van der Waals surface area (Å²) >= 11 is 6.02. The van der Waals surface area contributed by atoms with Gasteiger partial charge in [-0.1, -0.05) is 11.6 Å². The Labute approximate surface area is 160 Å². The average molecular weight is 387 g/mol. The van der Waals surface area contributed by atoms with Crippen molar-refractivity contribution in [2.45, 2.75) is 31.6 Å². The number of hydrogen-bond acceptors (Lipinski definition) is 4. The zero-order valence-corrected chi connectivity index (χ0v) is 15.6. The summed E-state index contributed by atoms with van der Waals surface area (Å²) in [6.45, 7) is 0. The Balaban J connectivity index is 1.68. The number of rotatable bonds is 3. The number of aromatic nitrogens is 1. The summed E-state index contributed by atoms with van der Waals surface area (Å²) in [5.74, 6) is -0.0580. The Morgan fingerprint density at radius 3 is 2.85 bits per heavy atom. The van der Waals surface area contributed by atoms with Crippen molar-refractivity contribution in [3.63, 3.8) is 0 Å². The molecular weight excluding hydrogens is 368 g/mol. The van der Waals surface area contributed by atoms with Crippen molar-refractivity contribution >= 4 is 29.2 Å². The second-order valence-corrected chi connectivity index (χ2v) is 7.58. The Morgan fingerprint density at radius 2 is 2.07 bits per heavy atom. The van der Waals surface area contributed by atoms with E-state index in [1.54, 1.807) is 12.1 Å². The zero-order valence-electron chi connectivity index (χ0n) is 14.8. The number of fused-ring (bicyclic) bond motifs is 4. The van der Waals surface area contributed by atoms with Gasteiger partial charge in [0.05, 0.1) is 17.7 Å². The predicted molar refractivity (Wildman–Crippen MR) is 102 cm³/mol. The molecule has 1 aromatic heterocycles. The largest absolute Gasteiger partial charge is 0.465 e. The van der Waals surface area contributed by atoms with Crippen molar-refractivity contribution < 1.29 is 14.3 Å². The molecule has 0 radical (unpaired) electrons. The van der Waals surface area contributed by atoms with Crippen molar-refractivity contribution in [2.75, 3.05) is 12.4 Å². The highest BCUT2D eigenvalue weighted by atomic mass is 35.5. The molecular formula is C20H19ClN2O4. The van der Waals surface area contributed by atoms with Crippen molar-refractivity contribution in [3.8, 4) is 0 Å². The van der Waals surface area contributed by atoms with Crippen LogP contribution in [0, 0.1) is 5.92 Å². The monoisotopic (exact) mass is 386 g/mol. The number of benzene rings is 1. The number of amides is 1. The summed E-state index contributed by atoms with van der Waals surface area (Å²) in [7, 11) is 1.26. The molecule has 1 fully saturated rings. The number of methoxy groups -OCH3 is 1. The lowest BCUT2D eigenvalue weighted by molar-refractivity contribution is 0.0600. The van der Waals surface area contributed by atoms with Gasteiger partial charge in [0.15, 0.2) is 0 Å². The van der Waals surface area contributed by atoms with E-state index in [0.717, 1.165) is 36.8 Å². The highest BCUT2D eigenvalue weighted by Gasteiger charge is 2.36. The molecule has 0 saturated heterocycles. The minimum absolute atomic E-state index is 0.166. The highest BCUT2D eigenvalue weighted by molar-refractivity contribution is 6.33. The molecule has 1 aromatic carbocycles. The molecule has 1 saturated carbocycles. The lowest BCUT2D eigenvalue weighted by Gasteiger charge is -2.24. The van der Waals surface area contributed by atoms with Gasteiger partial charge in [0.25, 0.3) is 5.91 Å². The van der Waals surface area contributed by atoms with Crippen LogP contribution in [0.5, 0.6) is 0 Å². The minimum Gasteiger partial charge on any atom is -0.465 e. The normalized spacial score (nSPS) is 20.1. The molecule has 2 atom stereocenters. The average Bonchev–Trinajstić information content (AvgIpc) is 3.03. The fourth-order valence-electron chi connectivity index (χ4n) is 4.33. The summed E-state index contributed by atoms with van der Waals surface area (Å²) < 4.78 is 4.70. The third kappa shape index (κ3) is 3.25. The van der Waals surface area contributed by atoms with Crippen molar-refractivity contribution in [1.82, 2.24) is 4.98 Å². The molecule has 2 aliphatic rings. The molecule has 2 N–H and O–H groups in total. The topological polar surface area (TPSA) is 88.3 Å². The van der Waals surface area contributed by atoms with Gasteiger partial charge >= 0.3 is 5.97 Å². The lowest BCUT2D eigenvalue weighted by atomic mass is 9.82. The quantitative estimate of drug-likeness (QED) is 0.790. The number of H-pyrrole nitrogens is 1. The Morgan fingerprint density at radius 1 is 1.26 bits per heavy atom. The van der Waals surface area contributed by atoms with Crippen LogP contribution in [0.25, 0.3) is 0 Å². The van der Waals surface area contributed by atoms with E-state index >= 15 is 0 Å². The molecule has 4 rings (SSSR count). The van der Waals surface area contributed by atoms with Crippen molar-refractivity contribution in [1.29, 1.82) is 0 Å². The van der Waals surface area contributed by atoms with E-state index < -0.39 is 11.9 Å². The number of anilines is 1. The number of ether oxygens (including phenoxy) is 1. The number of carbonyl (C=O) groups excluding carboxylic acids is 2. The Hall–Kier alpha value is -2.60. The second-order valence-electron chi connectivity index (χ2n) is 7.17. The van der Waals surface area contributed by atoms with E-state index in [9.17, 15) is 14.4 Å². The van der Waals surface area contributed by atoms with E-state index in [1.165, 1.54) is 19.2 Å². The molecule has 2 aromatic rings. The van der Waals surface area contributed by atoms with Gasteiger partial charge in [-0.3, -0.25) is 9.59 Å². The van der Waals surface area contributed by atoms with E-state index in [0.29, 0.717) is 23.2 Å². The van der Waals surface area contributed by atoms with Gasteiger partial charge in [-0.2, -0.15) is 0 Å². The van der Waals surface area contributed by atoms with Gasteiger partial charge in [0, 0.05) is 11.8 Å². The van der Waals surface area contributed by atoms with Gasteiger partial charge in [0.2, 0.25) is 5.56 Å². The van der Waals surface area contributed by atoms with E-state index in [4.69, 9.17) is 16.3 Å². The molecule has 27 heavy (non-hydrogen) atoms. The van der Waals surface area contributed by atoms with Gasteiger partial charge in [-0.05, 0) is 66.8 Å². The fourth-order valence-corrected chi connectivity index (χ4v) is 4.53. The number of pyridine rings is 1. The summed E-state index contributed by atoms with van der Waals surface area (Å²) in [6, 6.07) is 6.21. The summed E-state index contributed by atoms with van der Waals surface area (Å²) in [6.07, 6.45) is 4.09. The van der Waals surface area contributed by atoms with Gasteiger partial charge in [-0.25, -0.2) is 4.79 Å². The number of carbonyl (C=O) groups is 2. The Bertz CT molecular complexity index is 998. The third-order valence-corrected chi connectivity index (χ3v) is 5.81. The lowest BCUT2D eigenvalue weighted by Crippen LogP contribution is -2.26. The van der Waals surface area contributed by atoms with E-state index in [2.05, 4.69) is 10.3 Å². The molecule has 2 bridgehead atoms. The van der Waals surface area contributed by atoms with Crippen LogP contribution in [0.4, 0.5) is 5.69 Å². The summed E-state index contributed by atoms with van der Waals surface area (Å²) in [4.78, 5) is 39.5. The van der Waals surface area contributed by atoms with Crippen LogP contribution in [0.3, 0.4) is 0 Å². The molecule has 0 spiro atoms. The number of nitrogens with one attached hydrogen (secondary N) is 2. The van der Waals surface area contributed by atoms with E-state index in [-0.39, 0.29) is 16.1 Å². The molecule has 7 heteroatoms. The van der Waals surface area contributed by atoms with Gasteiger partial charge in [-0.15, -0.1) is 0 Å². The van der Waals surface area contributed by atoms with Crippen LogP contribution in [0.2, 0.25) is 5.02 Å². The first-order chi connectivity index (χ1) is 13.0. The third-order valence-electron chi connectivity index (χ3n) is 5.48. The number of halogens is 1.